The molecular weight excluding hydrogens is 348 g/mol. The Kier molecular flexibility index (Phi) is 5.46. The van der Waals surface area contributed by atoms with Gasteiger partial charge < -0.3 is 0 Å². The van der Waals surface area contributed by atoms with Crippen LogP contribution in [0.5, 0.6) is 0 Å². The lowest BCUT2D eigenvalue weighted by Gasteiger charge is -2.22. The zero-order chi connectivity index (χ0) is 17.7. The third-order valence-corrected chi connectivity index (χ3v) is 4.83. The average Bonchev–Trinajstić information content (AvgIpc) is 2.56. The molecule has 24 heavy (non-hydrogen) atoms. The molecular formula is C16H14N2O4S2. The summed E-state index contributed by atoms with van der Waals surface area (Å²) >= 11 is 4.79. The number of carbonyl (C=O) groups excluding carboxylic acids is 2. The fraction of sp³-hybridized carbons (Fsp3) is 0.125. The van der Waals surface area contributed by atoms with E-state index in [0.717, 1.165) is 16.0 Å². The number of benzene rings is 1. The molecule has 1 aromatic carbocycles. The van der Waals surface area contributed by atoms with E-state index in [1.165, 1.54) is 18.2 Å². The summed E-state index contributed by atoms with van der Waals surface area (Å²) in [6.07, 6.45) is 5.13. The van der Waals surface area contributed by atoms with Crippen molar-refractivity contribution in [3.8, 4) is 0 Å². The highest BCUT2D eigenvalue weighted by Crippen LogP contribution is 2.21. The van der Waals surface area contributed by atoms with Crippen LogP contribution in [0.2, 0.25) is 0 Å². The van der Waals surface area contributed by atoms with Gasteiger partial charge in [-0.15, -0.1) is 0 Å². The Morgan fingerprint density at radius 2 is 2.00 bits per heavy atom. The smallest absolute Gasteiger partial charge is 0.258 e. The molecule has 1 aliphatic rings. The van der Waals surface area contributed by atoms with E-state index in [4.69, 9.17) is 12.2 Å². The van der Waals surface area contributed by atoms with Crippen LogP contribution in [0.3, 0.4) is 0 Å². The fourth-order valence-electron chi connectivity index (χ4n) is 2.02. The van der Waals surface area contributed by atoms with E-state index >= 15 is 0 Å². The number of carbonyl (C=O) groups is 1. The Balaban J connectivity index is 2.28. The highest BCUT2D eigenvalue weighted by Gasteiger charge is 2.25. The molecule has 0 fully saturated rings. The molecule has 1 N–H and O–H groups in total. The van der Waals surface area contributed by atoms with Crippen LogP contribution in [0, 0.1) is 6.92 Å². The van der Waals surface area contributed by atoms with E-state index < -0.39 is 16.1 Å². The molecule has 0 bridgehead atoms. The maximum Gasteiger partial charge on any atom is 0.340 e. The maximum absolute atomic E-state index is 12.3. The van der Waals surface area contributed by atoms with Crippen molar-refractivity contribution in [1.82, 2.24) is 9.62 Å². The van der Waals surface area contributed by atoms with E-state index in [2.05, 4.69) is 0 Å². The Morgan fingerprint density at radius 3 is 2.58 bits per heavy atom. The fourth-order valence-corrected chi connectivity index (χ4v) is 3.17. The Bertz CT molecular complexity index is 877. The minimum Gasteiger partial charge on any atom is -0.258 e. The number of amides is 2. The van der Waals surface area contributed by atoms with Crippen LogP contribution in [0.25, 0.3) is 0 Å². The van der Waals surface area contributed by atoms with Crippen LogP contribution in [0.1, 0.15) is 12.0 Å². The number of rotatable bonds is 4. The molecule has 0 saturated carbocycles. The van der Waals surface area contributed by atoms with Crippen LogP contribution in [0.4, 0.5) is 4.79 Å². The normalized spacial score (nSPS) is 13.7. The van der Waals surface area contributed by atoms with Crippen molar-refractivity contribution in [1.29, 1.82) is 0 Å². The summed E-state index contributed by atoms with van der Waals surface area (Å²) < 4.78 is 26.5. The molecule has 0 heterocycles. The molecule has 0 spiro atoms. The van der Waals surface area contributed by atoms with Crippen molar-refractivity contribution in [2.75, 3.05) is 0 Å². The van der Waals surface area contributed by atoms with Gasteiger partial charge in [0.05, 0.1) is 21.7 Å². The number of hydrogen-bond acceptors (Lipinski definition) is 5. The number of aryl methyl sites for hydroxylation is 1. The summed E-state index contributed by atoms with van der Waals surface area (Å²) in [7, 11) is -4.05. The number of urea groups is 1. The van der Waals surface area contributed by atoms with Gasteiger partial charge in [-0.1, -0.05) is 42.1 Å². The van der Waals surface area contributed by atoms with E-state index in [1.807, 2.05) is 11.6 Å². The van der Waals surface area contributed by atoms with Crippen molar-refractivity contribution in [2.24, 2.45) is 0 Å². The van der Waals surface area contributed by atoms with Crippen LogP contribution >= 0.6 is 12.2 Å². The lowest BCUT2D eigenvalue weighted by molar-refractivity contribution is 0.234. The first-order valence-electron chi connectivity index (χ1n) is 6.88. The number of thiocarbonyl (C=S) groups is 1. The summed E-state index contributed by atoms with van der Waals surface area (Å²) in [6, 6.07) is 5.06. The summed E-state index contributed by atoms with van der Waals surface area (Å²) in [5, 5.41) is 0. The maximum atomic E-state index is 12.3. The highest BCUT2D eigenvalue weighted by atomic mass is 32.2. The minimum atomic E-state index is -4.05. The minimum absolute atomic E-state index is 0.0468. The highest BCUT2D eigenvalue weighted by molar-refractivity contribution is 7.90. The number of nitrogens with one attached hydrogen (secondary N) is 1. The predicted octanol–water partition coefficient (Wildman–Crippen LogP) is 2.25. The van der Waals surface area contributed by atoms with E-state index in [0.29, 0.717) is 0 Å². The number of nitrogens with zero attached hydrogens (tertiary/aromatic N) is 1. The molecule has 8 heteroatoms. The third-order valence-electron chi connectivity index (χ3n) is 3.28. The van der Waals surface area contributed by atoms with Crippen molar-refractivity contribution < 1.29 is 18.0 Å². The molecule has 2 rings (SSSR count). The van der Waals surface area contributed by atoms with Gasteiger partial charge in [-0.2, -0.15) is 0 Å². The quantitative estimate of drug-likeness (QED) is 0.656. The van der Waals surface area contributed by atoms with Crippen LogP contribution in [-0.2, 0) is 14.8 Å². The second-order valence-electron chi connectivity index (χ2n) is 4.96. The van der Waals surface area contributed by atoms with Crippen molar-refractivity contribution in [3.05, 3.63) is 59.3 Å². The first-order chi connectivity index (χ1) is 11.4. The number of allylic oxidation sites excluding steroid dienone is 4. The van der Waals surface area contributed by atoms with Gasteiger partial charge in [0.15, 0.2) is 0 Å². The van der Waals surface area contributed by atoms with E-state index in [-0.39, 0.29) is 22.6 Å². The monoisotopic (exact) mass is 362 g/mol. The Hall–Kier alpha value is -2.54. The molecule has 0 atom stereocenters. The van der Waals surface area contributed by atoms with Gasteiger partial charge in [-0.3, -0.25) is 4.90 Å². The molecule has 2 amide bonds. The first-order valence-corrected chi connectivity index (χ1v) is 8.83. The molecule has 0 radical (unpaired) electrons. The second-order valence-corrected chi connectivity index (χ2v) is 6.86. The van der Waals surface area contributed by atoms with Crippen LogP contribution in [0.15, 0.2) is 58.7 Å². The lowest BCUT2D eigenvalue weighted by atomic mass is 10.1. The summed E-state index contributed by atoms with van der Waals surface area (Å²) in [4.78, 5) is 24.2. The van der Waals surface area contributed by atoms with Crippen LogP contribution < -0.4 is 4.72 Å². The standard InChI is InChI=1S/C16H14N2O4S2/c1-12-6-8-14(9-7-12)24(21,22)17-16(20)18(11-23)15-5-3-2-4-13(15)10-19/h2-3,5-9,11H,4H2,1H3,(H,17,20). The molecule has 0 aliphatic heterocycles. The second kappa shape index (κ2) is 7.35. The summed E-state index contributed by atoms with van der Waals surface area (Å²) in [5.41, 5.74) is 2.27. The Morgan fingerprint density at radius 1 is 1.33 bits per heavy atom. The largest absolute Gasteiger partial charge is 0.340 e. The molecule has 0 aromatic heterocycles. The van der Waals surface area contributed by atoms with Gasteiger partial charge in [0, 0.05) is 6.42 Å². The zero-order valence-corrected chi connectivity index (χ0v) is 14.4. The molecule has 6 nitrogen and oxygen atoms in total. The average molecular weight is 362 g/mol. The van der Waals surface area contributed by atoms with Crippen molar-refractivity contribution in [2.45, 2.75) is 18.2 Å². The van der Waals surface area contributed by atoms with Gasteiger partial charge >= 0.3 is 6.03 Å². The SMILES string of the molecule is Cc1ccc(S(=O)(=O)NC(=O)N(C=S)C2=CC=CCC2=C=O)cc1. The number of hydrogen-bond donors (Lipinski definition) is 1. The van der Waals surface area contributed by atoms with Gasteiger partial charge in [0.1, 0.15) is 5.94 Å². The molecule has 0 unspecified atom stereocenters. The molecule has 124 valence electrons. The molecule has 0 saturated heterocycles. The van der Waals surface area contributed by atoms with Crippen LogP contribution in [-0.4, -0.2) is 30.8 Å². The third kappa shape index (κ3) is 3.86. The van der Waals surface area contributed by atoms with Gasteiger partial charge in [-0.25, -0.2) is 22.7 Å². The van der Waals surface area contributed by atoms with Crippen molar-refractivity contribution in [3.63, 3.8) is 0 Å². The lowest BCUT2D eigenvalue weighted by Crippen LogP contribution is -2.41. The van der Waals surface area contributed by atoms with Crippen molar-refractivity contribution >= 4 is 39.7 Å². The zero-order valence-electron chi connectivity index (χ0n) is 12.7. The Labute approximate surface area is 145 Å². The first kappa shape index (κ1) is 17.8. The number of sulfonamides is 1. The molecule has 1 aromatic rings. The predicted molar refractivity (Wildman–Crippen MR) is 93.4 cm³/mol. The topological polar surface area (TPSA) is 83.6 Å². The summed E-state index contributed by atoms with van der Waals surface area (Å²) in [5.74, 6) is 1.73. The van der Waals surface area contributed by atoms with Gasteiger partial charge in [0.2, 0.25) is 0 Å². The van der Waals surface area contributed by atoms with E-state index in [9.17, 15) is 18.0 Å². The summed E-state index contributed by atoms with van der Waals surface area (Å²) in [6.45, 7) is 1.82. The van der Waals surface area contributed by atoms with Gasteiger partial charge in [-0.05, 0) is 25.1 Å². The molecule has 1 aliphatic carbocycles. The van der Waals surface area contributed by atoms with E-state index in [1.54, 1.807) is 30.2 Å². The van der Waals surface area contributed by atoms with Gasteiger partial charge in [0.25, 0.3) is 10.0 Å².